The normalized spacial score (nSPS) is 15.9. The van der Waals surface area contributed by atoms with E-state index in [1.165, 1.54) is 90.8 Å². The third kappa shape index (κ3) is 21.9. The highest BCUT2D eigenvalue weighted by atomic mass is 19.1. The monoisotopic (exact) mass is 1300 g/mol. The molecule has 9 aromatic rings. The average Bonchev–Trinajstić information content (AvgIpc) is 0.993. The van der Waals surface area contributed by atoms with E-state index in [9.17, 15) is 8.78 Å². The molecule has 3 aliphatic rings. The molecule has 3 fully saturated rings. The first kappa shape index (κ1) is 70.6. The number of tetrazole rings is 1. The van der Waals surface area contributed by atoms with Gasteiger partial charge in [-0.15, -0.1) is 10.2 Å². The number of halogens is 2. The van der Waals surface area contributed by atoms with Gasteiger partial charge < -0.3 is 20.7 Å². The zero-order valence-corrected chi connectivity index (χ0v) is 57.0. The van der Waals surface area contributed by atoms with Crippen LogP contribution < -0.4 is 20.7 Å². The fraction of sp³-hybridized carbons (Fsp3) is 0.442. The number of H-pyrrole nitrogens is 1. The summed E-state index contributed by atoms with van der Waals surface area (Å²) in [5, 5.41) is 24.5. The summed E-state index contributed by atoms with van der Waals surface area (Å²) >= 11 is 0. The standard InChI is InChI=1S/C27H34N4O.C26H30F2N4.C24H34N8/c1-3-31(24-13-15-28-19-24)20-22-9-4-10-23(17-22)26-14-16-29-27(30-26)12-6-8-21-7-5-11-25(18-21)32-2;1-18-16-29-11-12-32(18)17-21-6-4-7-24(19(21)2)25-9-10-30-26(31-25)8-3-5-20-13-22(27)15-23(28)14-20;1-2-32(16-12-19-9-13-25-14-10-19)18-20-5-3-6-21(17-20)22-11-15-26-23(27-22)7-4-8-24-28-30-31-29-24/h4-5,7,9-11,14,16-18,24,28H,3,6,8,12-13,15,19-20H2,1-2H3;4,6-7,9-10,13-15,18,29H,3,5,8,11-12,16-17H2,1-2H3;3,5-6,11,15,17,19,25H,2,4,7-10,12-14,16,18H2,1H3,(H,28,29,30,31)/t;18-;/m.0./s1. The molecule has 0 amide bonds. The fourth-order valence-electron chi connectivity index (χ4n) is 13.2. The molecular formula is C77H98F2N16O. The smallest absolute Gasteiger partial charge is 0.174 e. The first-order valence-electron chi connectivity index (χ1n) is 34.9. The van der Waals surface area contributed by atoms with Gasteiger partial charge in [0.05, 0.1) is 24.2 Å². The Labute approximate surface area is 567 Å². The van der Waals surface area contributed by atoms with Crippen LogP contribution in [0.25, 0.3) is 33.8 Å². The van der Waals surface area contributed by atoms with Gasteiger partial charge in [0.15, 0.2) is 5.82 Å². The van der Waals surface area contributed by atoms with Gasteiger partial charge in [0.2, 0.25) is 0 Å². The van der Waals surface area contributed by atoms with E-state index in [1.54, 1.807) is 13.3 Å². The minimum atomic E-state index is -0.538. The van der Waals surface area contributed by atoms with Gasteiger partial charge in [-0.1, -0.05) is 85.8 Å². The van der Waals surface area contributed by atoms with E-state index in [1.807, 2.05) is 42.7 Å². The Hall–Kier alpha value is -8.17. The summed E-state index contributed by atoms with van der Waals surface area (Å²) in [6.45, 7) is 22.8. The molecule has 4 aromatic heterocycles. The lowest BCUT2D eigenvalue weighted by molar-refractivity contribution is 0.165. The number of methoxy groups -OCH3 is 1. The number of aromatic amines is 1. The van der Waals surface area contributed by atoms with E-state index >= 15 is 0 Å². The van der Waals surface area contributed by atoms with Gasteiger partial charge >= 0.3 is 0 Å². The first-order chi connectivity index (χ1) is 47.0. The van der Waals surface area contributed by atoms with Crippen LogP contribution in [0.1, 0.15) is 122 Å². The van der Waals surface area contributed by atoms with Gasteiger partial charge in [0.25, 0.3) is 0 Å². The van der Waals surface area contributed by atoms with Crippen LogP contribution >= 0.6 is 0 Å². The maximum atomic E-state index is 13.4. The molecule has 12 rings (SSSR count). The van der Waals surface area contributed by atoms with Crippen molar-refractivity contribution < 1.29 is 13.5 Å². The number of nitrogens with one attached hydrogen (secondary N) is 4. The zero-order valence-electron chi connectivity index (χ0n) is 57.0. The highest BCUT2D eigenvalue weighted by Gasteiger charge is 2.23. The summed E-state index contributed by atoms with van der Waals surface area (Å²) in [5.41, 5.74) is 13.5. The van der Waals surface area contributed by atoms with Crippen molar-refractivity contribution in [2.75, 3.05) is 72.6 Å². The molecule has 0 bridgehead atoms. The minimum Gasteiger partial charge on any atom is -0.497 e. The van der Waals surface area contributed by atoms with Crippen LogP contribution in [0.15, 0.2) is 146 Å². The lowest BCUT2D eigenvalue weighted by Crippen LogP contribution is -2.49. The van der Waals surface area contributed by atoms with Crippen LogP contribution in [-0.4, -0.2) is 150 Å². The number of likely N-dealkylation sites (N-methyl/N-ethyl adjacent to an activating group) is 1. The van der Waals surface area contributed by atoms with Crippen LogP contribution in [0.2, 0.25) is 0 Å². The van der Waals surface area contributed by atoms with Crippen LogP contribution in [0.5, 0.6) is 5.75 Å². The van der Waals surface area contributed by atoms with E-state index in [0.717, 1.165) is 180 Å². The van der Waals surface area contributed by atoms with Gasteiger partial charge in [-0.3, -0.25) is 14.7 Å². The van der Waals surface area contributed by atoms with Gasteiger partial charge in [-0.25, -0.2) is 38.7 Å². The summed E-state index contributed by atoms with van der Waals surface area (Å²) in [4.78, 5) is 35.5. The number of ether oxygens (including phenoxy) is 1. The molecule has 2 atom stereocenters. The second kappa shape index (κ2) is 37.4. The largest absolute Gasteiger partial charge is 0.497 e. The number of piperidine rings is 1. The maximum Gasteiger partial charge on any atom is 0.174 e. The molecule has 5 aromatic carbocycles. The molecule has 3 aliphatic heterocycles. The highest BCUT2D eigenvalue weighted by molar-refractivity contribution is 5.65. The summed E-state index contributed by atoms with van der Waals surface area (Å²) in [7, 11) is 1.71. The van der Waals surface area contributed by atoms with E-state index in [0.29, 0.717) is 30.5 Å². The number of nitrogens with zero attached hydrogens (tertiary/aromatic N) is 12. The number of piperazine rings is 1. The van der Waals surface area contributed by atoms with Crippen molar-refractivity contribution in [3.8, 4) is 39.5 Å². The predicted octanol–water partition coefficient (Wildman–Crippen LogP) is 12.3. The maximum absolute atomic E-state index is 13.4. The van der Waals surface area contributed by atoms with Gasteiger partial charge in [0, 0.05) is 125 Å². The number of hydrogen-bond acceptors (Lipinski definition) is 16. The Balaban J connectivity index is 0.000000157. The van der Waals surface area contributed by atoms with Crippen molar-refractivity contribution in [1.29, 1.82) is 0 Å². The molecule has 0 saturated carbocycles. The molecule has 96 heavy (non-hydrogen) atoms. The van der Waals surface area contributed by atoms with E-state index < -0.39 is 11.6 Å². The van der Waals surface area contributed by atoms with E-state index in [4.69, 9.17) is 19.7 Å². The number of rotatable bonds is 28. The lowest BCUT2D eigenvalue weighted by Gasteiger charge is -2.34. The molecule has 506 valence electrons. The number of aromatic nitrogens is 10. The molecule has 19 heteroatoms. The summed E-state index contributed by atoms with van der Waals surface area (Å²) in [6, 6.07) is 43.1. The van der Waals surface area contributed by atoms with Crippen molar-refractivity contribution >= 4 is 0 Å². The minimum absolute atomic E-state index is 0.518. The zero-order chi connectivity index (χ0) is 66.7. The van der Waals surface area contributed by atoms with Crippen molar-refractivity contribution in [2.45, 2.75) is 143 Å². The van der Waals surface area contributed by atoms with Gasteiger partial charge in [-0.05, 0) is 205 Å². The Morgan fingerprint density at radius 3 is 1.79 bits per heavy atom. The van der Waals surface area contributed by atoms with Crippen LogP contribution in [0, 0.1) is 24.5 Å². The topological polar surface area (TPSA) is 187 Å². The second-order valence-corrected chi connectivity index (χ2v) is 25.7. The molecule has 4 N–H and O–H groups in total. The Morgan fingerprint density at radius 2 is 1.17 bits per heavy atom. The first-order valence-corrected chi connectivity index (χ1v) is 34.9. The fourth-order valence-corrected chi connectivity index (χ4v) is 13.2. The Kier molecular flexibility index (Phi) is 27.5. The Bertz CT molecular complexity index is 3770. The second-order valence-electron chi connectivity index (χ2n) is 25.7. The molecule has 0 spiro atoms. The summed E-state index contributed by atoms with van der Waals surface area (Å²) in [5.74, 6) is 3.95. The Morgan fingerprint density at radius 1 is 0.573 bits per heavy atom. The third-order valence-electron chi connectivity index (χ3n) is 18.8. The SMILES string of the molecule is CCN(CCC1CCNCC1)Cc1cccc(-c2ccnc(CCCc3nn[nH]n3)n2)c1.CCN(Cc1cccc(-c2ccnc(CCCc3cccc(OC)c3)n2)c1)C1CCNC1.Cc1c(CN2CCNC[C@@H]2C)cccc1-c1ccnc(CCCc2cc(F)cc(F)c2)n1. The lowest BCUT2D eigenvalue weighted by atomic mass is 9.94. The molecule has 7 heterocycles. The molecule has 0 aliphatic carbocycles. The predicted molar refractivity (Wildman–Crippen MR) is 378 cm³/mol. The number of aryl methyl sites for hydroxylation is 6. The van der Waals surface area contributed by atoms with Crippen LogP contribution in [0.3, 0.4) is 0 Å². The highest BCUT2D eigenvalue weighted by Crippen LogP contribution is 2.28. The van der Waals surface area contributed by atoms with Crippen molar-refractivity contribution in [3.05, 3.63) is 214 Å². The molecular weight excluding hydrogens is 1200 g/mol. The van der Waals surface area contributed by atoms with Crippen LogP contribution in [0.4, 0.5) is 8.78 Å². The van der Waals surface area contributed by atoms with E-state index in [-0.39, 0.29) is 0 Å². The quantitative estimate of drug-likeness (QED) is 0.0362. The summed E-state index contributed by atoms with van der Waals surface area (Å²) < 4.78 is 32.1. The molecule has 1 unspecified atom stereocenters. The van der Waals surface area contributed by atoms with Gasteiger partial charge in [-0.2, -0.15) is 5.21 Å². The van der Waals surface area contributed by atoms with E-state index in [2.05, 4.69) is 173 Å². The number of hydrogen-bond donors (Lipinski definition) is 4. The average molecular weight is 1300 g/mol. The molecule has 3 saturated heterocycles. The summed E-state index contributed by atoms with van der Waals surface area (Å²) in [6.07, 6.45) is 18.0. The van der Waals surface area contributed by atoms with Crippen molar-refractivity contribution in [3.63, 3.8) is 0 Å². The number of benzene rings is 5. The van der Waals surface area contributed by atoms with Crippen LogP contribution in [-0.2, 0) is 58.2 Å². The van der Waals surface area contributed by atoms with Crippen molar-refractivity contribution in [1.82, 2.24) is 81.2 Å². The molecule has 17 nitrogen and oxygen atoms in total. The third-order valence-corrected chi connectivity index (χ3v) is 18.8. The molecule has 0 radical (unpaired) electrons. The van der Waals surface area contributed by atoms with Crippen molar-refractivity contribution in [2.24, 2.45) is 5.92 Å². The van der Waals surface area contributed by atoms with Gasteiger partial charge in [0.1, 0.15) is 34.9 Å².